The fraction of sp³-hybridized carbons (Fsp3) is 0.263. The number of halogens is 1. The lowest BCUT2D eigenvalue weighted by molar-refractivity contribution is -0.0744. The molecule has 0 spiro atoms. The van der Waals surface area contributed by atoms with Gasteiger partial charge in [-0.2, -0.15) is 0 Å². The Bertz CT molecular complexity index is 1130. The maximum atomic E-state index is 8.78. The van der Waals surface area contributed by atoms with E-state index in [1.54, 1.807) is 12.1 Å². The molecule has 2 heterocycles. The third kappa shape index (κ3) is 4.25. The van der Waals surface area contributed by atoms with Gasteiger partial charge in [0.15, 0.2) is 36.4 Å². The highest BCUT2D eigenvalue weighted by atomic mass is 79.9. The van der Waals surface area contributed by atoms with Gasteiger partial charge in [-0.3, -0.25) is 0 Å². The van der Waals surface area contributed by atoms with Crippen molar-refractivity contribution in [3.8, 4) is 11.5 Å². The lowest BCUT2D eigenvalue weighted by atomic mass is 10.2. The third-order valence-corrected chi connectivity index (χ3v) is 5.03. The lowest BCUT2D eigenvalue weighted by Crippen LogP contribution is -2.08. The van der Waals surface area contributed by atoms with Crippen molar-refractivity contribution in [3.05, 3.63) is 34.3 Å². The average Bonchev–Trinajstić information content (AvgIpc) is 2.72. The van der Waals surface area contributed by atoms with Gasteiger partial charge in [0.05, 0.1) is 22.1 Å². The predicted octanol–water partition coefficient (Wildman–Crippen LogP) is 2.40. The molecule has 2 N–H and O–H groups in total. The molecule has 0 unspecified atom stereocenters. The van der Waals surface area contributed by atoms with Crippen molar-refractivity contribution >= 4 is 49.3 Å². The normalized spacial score (nSPS) is 11.5. The van der Waals surface area contributed by atoms with Gasteiger partial charge in [0.1, 0.15) is 13.6 Å². The second-order valence-corrected chi connectivity index (χ2v) is 7.02. The van der Waals surface area contributed by atoms with Crippen LogP contribution in [-0.2, 0) is 9.47 Å². The van der Waals surface area contributed by atoms with E-state index in [-0.39, 0.29) is 13.6 Å². The number of nitrogens with zero attached hydrogens (tertiary/aromatic N) is 4. The van der Waals surface area contributed by atoms with Crippen molar-refractivity contribution < 1.29 is 29.2 Å². The van der Waals surface area contributed by atoms with Crippen LogP contribution in [0.5, 0.6) is 11.5 Å². The van der Waals surface area contributed by atoms with E-state index in [1.807, 2.05) is 19.1 Å². The summed E-state index contributed by atoms with van der Waals surface area (Å²) in [6.07, 6.45) is 0. The number of aryl methyl sites for hydroxylation is 1. The molecule has 0 radical (unpaired) electrons. The molecule has 2 aromatic carbocycles. The van der Waals surface area contributed by atoms with Crippen molar-refractivity contribution in [1.29, 1.82) is 0 Å². The van der Waals surface area contributed by atoms with Crippen molar-refractivity contribution in [2.24, 2.45) is 0 Å². The largest absolute Gasteiger partial charge is 0.463 e. The van der Waals surface area contributed by atoms with E-state index < -0.39 is 13.6 Å². The molecule has 4 aromatic rings. The standard InChI is InChI=1S/C19H17BrN4O6/c1-10-2-12-13(3-11(10)20)22-19-18(21-12)23-14-4-16(29-8-27-6-25)17(5-15(14)24-19)30-9-28-7-26/h2-5,25-26H,6-9H2,1H3. The molecule has 0 fully saturated rings. The van der Waals surface area contributed by atoms with Crippen molar-refractivity contribution in [3.63, 3.8) is 0 Å². The number of fused-ring (bicyclic) bond motifs is 3. The first kappa shape index (κ1) is 20.6. The number of aliphatic hydroxyl groups excluding tert-OH is 2. The molecule has 4 rings (SSSR count). The second-order valence-electron chi connectivity index (χ2n) is 6.16. The first-order valence-corrected chi connectivity index (χ1v) is 9.60. The summed E-state index contributed by atoms with van der Waals surface area (Å²) in [6.45, 7) is 0.609. The lowest BCUT2D eigenvalue weighted by Gasteiger charge is -2.13. The highest BCUT2D eigenvalue weighted by Crippen LogP contribution is 2.32. The molecule has 0 bridgehead atoms. The summed E-state index contributed by atoms with van der Waals surface area (Å²) in [6, 6.07) is 7.06. The fourth-order valence-electron chi connectivity index (χ4n) is 2.77. The Morgan fingerprint density at radius 3 is 1.63 bits per heavy atom. The van der Waals surface area contributed by atoms with Crippen LogP contribution in [0.1, 0.15) is 5.56 Å². The summed E-state index contributed by atoms with van der Waals surface area (Å²) in [5.41, 5.74) is 4.26. The van der Waals surface area contributed by atoms with Crippen LogP contribution < -0.4 is 9.47 Å². The minimum absolute atomic E-state index is 0.196. The molecule has 30 heavy (non-hydrogen) atoms. The van der Waals surface area contributed by atoms with Gasteiger partial charge in [-0.15, -0.1) is 0 Å². The van der Waals surface area contributed by atoms with Crippen LogP contribution in [0.3, 0.4) is 0 Å². The van der Waals surface area contributed by atoms with Crippen molar-refractivity contribution in [2.45, 2.75) is 6.92 Å². The van der Waals surface area contributed by atoms with E-state index in [1.165, 1.54) is 0 Å². The second kappa shape index (κ2) is 8.98. The van der Waals surface area contributed by atoms with Gasteiger partial charge in [-0.1, -0.05) is 15.9 Å². The van der Waals surface area contributed by atoms with Crippen LogP contribution in [0.25, 0.3) is 33.4 Å². The molecular formula is C19H17BrN4O6. The Balaban J connectivity index is 1.82. The van der Waals surface area contributed by atoms with E-state index in [9.17, 15) is 0 Å². The zero-order valence-electron chi connectivity index (χ0n) is 15.8. The summed E-state index contributed by atoms with van der Waals surface area (Å²) in [5.74, 6) is 0.609. The minimum Gasteiger partial charge on any atom is -0.463 e. The molecule has 0 saturated carbocycles. The van der Waals surface area contributed by atoms with Gasteiger partial charge in [-0.25, -0.2) is 19.9 Å². The molecule has 0 aliphatic heterocycles. The van der Waals surface area contributed by atoms with Gasteiger partial charge in [0.25, 0.3) is 0 Å². The SMILES string of the molecule is Cc1cc2nc3nc4cc(OCOCO)c(OCOCO)cc4nc3nc2cc1Br. The smallest absolute Gasteiger partial charge is 0.199 e. The quantitative estimate of drug-likeness (QED) is 0.222. The maximum absolute atomic E-state index is 8.78. The molecule has 0 aliphatic carbocycles. The van der Waals surface area contributed by atoms with Gasteiger partial charge in [0, 0.05) is 16.6 Å². The summed E-state index contributed by atoms with van der Waals surface area (Å²) in [5, 5.41) is 17.6. The predicted molar refractivity (Wildman–Crippen MR) is 110 cm³/mol. The maximum Gasteiger partial charge on any atom is 0.199 e. The molecule has 10 nitrogen and oxygen atoms in total. The van der Waals surface area contributed by atoms with Crippen LogP contribution in [-0.4, -0.2) is 57.3 Å². The number of benzene rings is 2. The summed E-state index contributed by atoms with van der Waals surface area (Å²) in [7, 11) is 0. The highest BCUT2D eigenvalue weighted by Gasteiger charge is 2.14. The Kier molecular flexibility index (Phi) is 6.16. The molecule has 0 saturated heterocycles. The number of hydrogen-bond acceptors (Lipinski definition) is 10. The minimum atomic E-state index is -0.487. The average molecular weight is 477 g/mol. The Morgan fingerprint density at radius 2 is 1.17 bits per heavy atom. The highest BCUT2D eigenvalue weighted by molar-refractivity contribution is 9.10. The number of aromatic nitrogens is 4. The topological polar surface area (TPSA) is 129 Å². The van der Waals surface area contributed by atoms with Gasteiger partial charge in [0.2, 0.25) is 0 Å². The zero-order chi connectivity index (χ0) is 21.1. The Labute approximate surface area is 178 Å². The Morgan fingerprint density at radius 1 is 0.733 bits per heavy atom. The first-order valence-electron chi connectivity index (χ1n) is 8.81. The molecule has 11 heteroatoms. The van der Waals surface area contributed by atoms with Crippen LogP contribution >= 0.6 is 15.9 Å². The van der Waals surface area contributed by atoms with Gasteiger partial charge < -0.3 is 29.2 Å². The van der Waals surface area contributed by atoms with Crippen LogP contribution in [0.2, 0.25) is 0 Å². The van der Waals surface area contributed by atoms with E-state index in [4.69, 9.17) is 29.2 Å². The third-order valence-electron chi connectivity index (χ3n) is 4.18. The summed E-state index contributed by atoms with van der Waals surface area (Å²) in [4.78, 5) is 18.3. The number of hydrogen-bond donors (Lipinski definition) is 2. The summed E-state index contributed by atoms with van der Waals surface area (Å²) < 4.78 is 21.5. The molecule has 0 atom stereocenters. The first-order chi connectivity index (χ1) is 14.6. The zero-order valence-corrected chi connectivity index (χ0v) is 17.4. The van der Waals surface area contributed by atoms with Gasteiger partial charge >= 0.3 is 0 Å². The summed E-state index contributed by atoms with van der Waals surface area (Å²) >= 11 is 3.50. The van der Waals surface area contributed by atoms with E-state index >= 15 is 0 Å². The number of ether oxygens (including phenoxy) is 4. The van der Waals surface area contributed by atoms with Crippen LogP contribution in [0, 0.1) is 6.92 Å². The molecule has 0 aliphatic rings. The molecular weight excluding hydrogens is 460 g/mol. The molecule has 156 valence electrons. The number of rotatable bonds is 8. The van der Waals surface area contributed by atoms with E-state index in [0.717, 1.165) is 10.0 Å². The molecule has 2 aromatic heterocycles. The van der Waals surface area contributed by atoms with Crippen LogP contribution in [0.15, 0.2) is 28.7 Å². The van der Waals surface area contributed by atoms with E-state index in [0.29, 0.717) is 44.9 Å². The van der Waals surface area contributed by atoms with Gasteiger partial charge in [-0.05, 0) is 24.6 Å². The Hall–Kier alpha value is -2.70. The molecule has 0 amide bonds. The number of aliphatic hydroxyl groups is 2. The van der Waals surface area contributed by atoms with E-state index in [2.05, 4.69) is 35.9 Å². The fourth-order valence-corrected chi connectivity index (χ4v) is 3.10. The monoisotopic (exact) mass is 476 g/mol. The van der Waals surface area contributed by atoms with Crippen molar-refractivity contribution in [2.75, 3.05) is 27.2 Å². The van der Waals surface area contributed by atoms with Crippen molar-refractivity contribution in [1.82, 2.24) is 19.9 Å². The van der Waals surface area contributed by atoms with Crippen LogP contribution in [0.4, 0.5) is 0 Å².